The highest BCUT2D eigenvalue weighted by molar-refractivity contribution is 9.10. The second-order valence-corrected chi connectivity index (χ2v) is 16.9. The summed E-state index contributed by atoms with van der Waals surface area (Å²) < 4.78 is 36.9. The zero-order valence-corrected chi connectivity index (χ0v) is 21.1. The molecule has 1 N–H and O–H groups in total. The Morgan fingerprint density at radius 3 is 2.33 bits per heavy atom. The van der Waals surface area contributed by atoms with Crippen molar-refractivity contribution < 1.29 is 13.4 Å². The molecule has 1 unspecified atom stereocenters. The number of nitrogens with one attached hydrogen (secondary N) is 1. The van der Waals surface area contributed by atoms with E-state index in [-0.39, 0.29) is 11.5 Å². The minimum atomic E-state index is -1.93. The van der Waals surface area contributed by atoms with E-state index in [1.807, 2.05) is 20.8 Å². The lowest BCUT2D eigenvalue weighted by molar-refractivity contribution is 0.192. The van der Waals surface area contributed by atoms with Crippen LogP contribution in [0.4, 0.5) is 4.39 Å². The molecule has 8 heteroatoms. The SMILES string of the molecule is CC(C)(C)[S@@+]([O-])N[C@H](c1cccc(Br)n1)C(F)CCO[Si](C)(C)C(C)(C)C. The van der Waals surface area contributed by atoms with Crippen LogP contribution in [-0.2, 0) is 15.8 Å². The summed E-state index contributed by atoms with van der Waals surface area (Å²) in [5.74, 6) is 0. The van der Waals surface area contributed by atoms with Gasteiger partial charge in [-0.3, -0.25) is 0 Å². The topological polar surface area (TPSA) is 57.2 Å². The van der Waals surface area contributed by atoms with E-state index < -0.39 is 36.6 Å². The third-order valence-corrected chi connectivity index (χ3v) is 11.4. The molecule has 4 nitrogen and oxygen atoms in total. The van der Waals surface area contributed by atoms with E-state index in [9.17, 15) is 4.55 Å². The van der Waals surface area contributed by atoms with Crippen molar-refractivity contribution in [3.8, 4) is 0 Å². The van der Waals surface area contributed by atoms with Crippen molar-refractivity contribution >= 4 is 35.6 Å². The first-order chi connectivity index (χ1) is 12.1. The van der Waals surface area contributed by atoms with Gasteiger partial charge in [0.15, 0.2) is 8.32 Å². The fourth-order valence-corrected chi connectivity index (χ4v) is 4.29. The summed E-state index contributed by atoms with van der Waals surface area (Å²) in [4.78, 5) is 4.37. The Labute approximate surface area is 176 Å². The first-order valence-corrected chi connectivity index (χ1v) is 14.1. The summed E-state index contributed by atoms with van der Waals surface area (Å²) in [7, 11) is -1.93. The number of alkyl halides is 1. The first kappa shape index (κ1) is 25.0. The zero-order valence-electron chi connectivity index (χ0n) is 17.7. The lowest BCUT2D eigenvalue weighted by Gasteiger charge is -2.36. The van der Waals surface area contributed by atoms with Gasteiger partial charge in [-0.1, -0.05) is 26.8 Å². The second-order valence-electron chi connectivity index (χ2n) is 9.28. The lowest BCUT2D eigenvalue weighted by Crippen LogP contribution is -2.45. The summed E-state index contributed by atoms with van der Waals surface area (Å²) in [5, 5.41) is 0.0794. The highest BCUT2D eigenvalue weighted by Crippen LogP contribution is 2.37. The minimum Gasteiger partial charge on any atom is -0.598 e. The van der Waals surface area contributed by atoms with Crippen LogP contribution in [-0.4, -0.2) is 35.4 Å². The molecule has 0 spiro atoms. The van der Waals surface area contributed by atoms with E-state index in [1.54, 1.807) is 18.2 Å². The van der Waals surface area contributed by atoms with Gasteiger partial charge in [0, 0.05) is 24.4 Å². The van der Waals surface area contributed by atoms with Crippen LogP contribution in [0, 0.1) is 0 Å². The van der Waals surface area contributed by atoms with E-state index in [2.05, 4.69) is 59.5 Å². The van der Waals surface area contributed by atoms with Crippen molar-refractivity contribution in [2.75, 3.05) is 6.61 Å². The number of pyridine rings is 1. The molecule has 1 aromatic rings. The molecule has 0 aliphatic carbocycles. The molecule has 1 heterocycles. The van der Waals surface area contributed by atoms with Crippen molar-refractivity contribution in [2.24, 2.45) is 0 Å². The Kier molecular flexibility index (Phi) is 8.97. The summed E-state index contributed by atoms with van der Waals surface area (Å²) in [5.41, 5.74) is 0.529. The van der Waals surface area contributed by atoms with Gasteiger partial charge in [0.1, 0.15) is 21.6 Å². The van der Waals surface area contributed by atoms with Crippen LogP contribution >= 0.6 is 15.9 Å². The number of aromatic nitrogens is 1. The number of halogens is 2. The molecule has 0 saturated carbocycles. The lowest BCUT2D eigenvalue weighted by atomic mass is 10.1. The Balaban J connectivity index is 2.89. The monoisotopic (exact) mass is 480 g/mol. The van der Waals surface area contributed by atoms with Gasteiger partial charge in [-0.15, -0.1) is 4.72 Å². The van der Waals surface area contributed by atoms with Crippen LogP contribution in [0.15, 0.2) is 22.8 Å². The molecule has 0 aliphatic rings. The van der Waals surface area contributed by atoms with Gasteiger partial charge in [-0.2, -0.15) is 0 Å². The average Bonchev–Trinajstić information content (AvgIpc) is 2.49. The smallest absolute Gasteiger partial charge is 0.191 e. The maximum atomic E-state index is 15.2. The first-order valence-electron chi connectivity index (χ1n) is 9.24. The minimum absolute atomic E-state index is 0.0794. The van der Waals surface area contributed by atoms with Crippen LogP contribution in [0.1, 0.15) is 59.7 Å². The van der Waals surface area contributed by atoms with Crippen LogP contribution in [0.5, 0.6) is 0 Å². The molecule has 0 saturated heterocycles. The van der Waals surface area contributed by atoms with E-state index in [1.165, 1.54) is 0 Å². The van der Waals surface area contributed by atoms with Gasteiger partial charge >= 0.3 is 0 Å². The van der Waals surface area contributed by atoms with E-state index in [4.69, 9.17) is 4.43 Å². The van der Waals surface area contributed by atoms with Gasteiger partial charge in [0.2, 0.25) is 0 Å². The largest absolute Gasteiger partial charge is 0.598 e. The highest BCUT2D eigenvalue weighted by Gasteiger charge is 2.38. The number of hydrogen-bond donors (Lipinski definition) is 1. The Bertz CT molecular complexity index is 608. The van der Waals surface area contributed by atoms with Crippen LogP contribution in [0.3, 0.4) is 0 Å². The third kappa shape index (κ3) is 7.74. The van der Waals surface area contributed by atoms with E-state index in [0.29, 0.717) is 16.9 Å². The molecule has 1 aromatic heterocycles. The number of rotatable bonds is 8. The van der Waals surface area contributed by atoms with Gasteiger partial charge < -0.3 is 8.98 Å². The van der Waals surface area contributed by atoms with Crippen LogP contribution < -0.4 is 4.72 Å². The molecule has 156 valence electrons. The Morgan fingerprint density at radius 1 is 1.26 bits per heavy atom. The molecule has 0 amide bonds. The molecule has 3 atom stereocenters. The normalized spacial score (nSPS) is 16.9. The van der Waals surface area contributed by atoms with E-state index in [0.717, 1.165) is 0 Å². The van der Waals surface area contributed by atoms with Gasteiger partial charge in [-0.05, 0) is 67.0 Å². The predicted octanol–water partition coefficient (Wildman–Crippen LogP) is 5.69. The molecule has 1 rings (SSSR count). The van der Waals surface area contributed by atoms with Crippen molar-refractivity contribution in [3.63, 3.8) is 0 Å². The molecule has 0 aromatic carbocycles. The summed E-state index contributed by atoms with van der Waals surface area (Å²) in [6.45, 7) is 16.7. The molecule has 27 heavy (non-hydrogen) atoms. The molecule has 0 fully saturated rings. The predicted molar refractivity (Wildman–Crippen MR) is 118 cm³/mol. The summed E-state index contributed by atoms with van der Waals surface area (Å²) in [6, 6.07) is 4.59. The van der Waals surface area contributed by atoms with Crippen molar-refractivity contribution in [3.05, 3.63) is 28.5 Å². The molecule has 0 bridgehead atoms. The second kappa shape index (κ2) is 9.67. The molecular formula is C19H34BrFN2O2SSi. The standard InChI is InChI=1S/C19H34BrFN2O2SSi/c1-18(2,3)26(24)23-17(15-10-9-11-16(20)22-15)14(21)12-13-25-27(7,8)19(4,5)6/h9-11,14,17,23H,12-13H2,1-8H3/t14?,17-,26+/m0/s1. The Morgan fingerprint density at radius 2 is 1.85 bits per heavy atom. The maximum absolute atomic E-state index is 15.2. The van der Waals surface area contributed by atoms with Crippen LogP contribution in [0.25, 0.3) is 0 Å². The maximum Gasteiger partial charge on any atom is 0.191 e. The van der Waals surface area contributed by atoms with Gasteiger partial charge in [0.05, 0.1) is 5.69 Å². The molecule has 0 radical (unpaired) electrons. The van der Waals surface area contributed by atoms with Crippen LogP contribution in [0.2, 0.25) is 18.1 Å². The zero-order chi connectivity index (χ0) is 21.0. The number of hydrogen-bond acceptors (Lipinski definition) is 4. The summed E-state index contributed by atoms with van der Waals surface area (Å²) >= 11 is 1.92. The van der Waals surface area contributed by atoms with Crippen molar-refractivity contribution in [1.29, 1.82) is 0 Å². The van der Waals surface area contributed by atoms with Crippen molar-refractivity contribution in [2.45, 2.75) is 83.1 Å². The quantitative estimate of drug-likeness (QED) is 0.295. The van der Waals surface area contributed by atoms with Crippen molar-refractivity contribution in [1.82, 2.24) is 9.71 Å². The Hall–Kier alpha value is 0.00688. The van der Waals surface area contributed by atoms with E-state index >= 15 is 4.39 Å². The average molecular weight is 482 g/mol. The highest BCUT2D eigenvalue weighted by atomic mass is 79.9. The fourth-order valence-electron chi connectivity index (χ4n) is 2.02. The fraction of sp³-hybridized carbons (Fsp3) is 0.737. The number of nitrogens with zero attached hydrogens (tertiary/aromatic N) is 1. The van der Waals surface area contributed by atoms with Gasteiger partial charge in [0.25, 0.3) is 0 Å². The third-order valence-electron chi connectivity index (χ3n) is 4.87. The van der Waals surface area contributed by atoms with Gasteiger partial charge in [-0.25, -0.2) is 9.37 Å². The summed E-state index contributed by atoms with van der Waals surface area (Å²) in [6.07, 6.45) is -1.04. The molecule has 0 aliphatic heterocycles. The molecular weight excluding hydrogens is 447 g/mol.